The normalized spacial score (nSPS) is 32.6. The lowest BCUT2D eigenvalue weighted by Crippen LogP contribution is -2.65. The van der Waals surface area contributed by atoms with Crippen LogP contribution < -0.4 is 0 Å². The van der Waals surface area contributed by atoms with Gasteiger partial charge < -0.3 is 14.8 Å². The molecule has 1 aromatic heterocycles. The molecule has 0 aliphatic carbocycles. The van der Waals surface area contributed by atoms with Crippen molar-refractivity contribution in [1.29, 1.82) is 0 Å². The highest BCUT2D eigenvalue weighted by Gasteiger charge is 2.49. The van der Waals surface area contributed by atoms with Crippen LogP contribution in [0.25, 0.3) is 0 Å². The van der Waals surface area contributed by atoms with Gasteiger partial charge in [0.25, 0.3) is 5.91 Å². The molecule has 1 aromatic rings. The molecule has 3 saturated heterocycles. The average molecular weight is 329 g/mol. The topological polar surface area (TPSA) is 56.4 Å². The van der Waals surface area contributed by atoms with E-state index < -0.39 is 0 Å². The van der Waals surface area contributed by atoms with Gasteiger partial charge in [-0.1, -0.05) is 13.3 Å². The second-order valence-corrected chi connectivity index (χ2v) is 7.68. The van der Waals surface area contributed by atoms with E-state index in [1.54, 1.807) is 12.4 Å². The lowest BCUT2D eigenvalue weighted by atomic mass is 9.71. The Morgan fingerprint density at radius 1 is 1.33 bits per heavy atom. The quantitative estimate of drug-likeness (QED) is 0.927. The first-order chi connectivity index (χ1) is 11.7. The van der Waals surface area contributed by atoms with Crippen LogP contribution >= 0.6 is 0 Å². The molecule has 5 nitrogen and oxygen atoms in total. The number of carbonyl (C=O) groups excluding carboxylic acids is 2. The summed E-state index contributed by atoms with van der Waals surface area (Å²) in [6.45, 7) is 3.79. The molecular formula is C19H27N3O2. The molecule has 5 heteroatoms. The summed E-state index contributed by atoms with van der Waals surface area (Å²) >= 11 is 0. The average Bonchev–Trinajstić information content (AvgIpc) is 3.12. The van der Waals surface area contributed by atoms with Gasteiger partial charge in [0, 0.05) is 44.0 Å². The SMILES string of the molecule is CCC[C@H]1[C@H]2C[C@H](CN(C(=O)c3cc[nH]c3)C2)[C@@H]2CCCC(=O)N21. The van der Waals surface area contributed by atoms with E-state index in [4.69, 9.17) is 0 Å². The first-order valence-corrected chi connectivity index (χ1v) is 9.42. The zero-order valence-electron chi connectivity index (χ0n) is 14.4. The van der Waals surface area contributed by atoms with Crippen molar-refractivity contribution in [2.75, 3.05) is 13.1 Å². The van der Waals surface area contributed by atoms with E-state index >= 15 is 0 Å². The van der Waals surface area contributed by atoms with Crippen molar-refractivity contribution in [2.45, 2.75) is 57.5 Å². The standard InChI is InChI=1S/C19H27N3O2/c1-2-4-16-14-9-15(17-5-3-6-18(23)22(16)17)12-21(11-14)19(24)13-7-8-20-10-13/h7-8,10,14-17,20H,2-6,9,11-12H2,1H3/t14-,15+,16-,17-/m0/s1. The molecule has 24 heavy (non-hydrogen) atoms. The van der Waals surface area contributed by atoms with Crippen molar-refractivity contribution < 1.29 is 9.59 Å². The number of carbonyl (C=O) groups is 2. The molecule has 4 rings (SSSR count). The minimum absolute atomic E-state index is 0.136. The molecule has 0 radical (unpaired) electrons. The Hall–Kier alpha value is -1.78. The van der Waals surface area contributed by atoms with E-state index in [0.717, 1.165) is 44.3 Å². The van der Waals surface area contributed by atoms with Gasteiger partial charge in [-0.05, 0) is 43.6 Å². The lowest BCUT2D eigenvalue weighted by Gasteiger charge is -2.56. The number of piperidine rings is 3. The maximum atomic E-state index is 12.8. The summed E-state index contributed by atoms with van der Waals surface area (Å²) in [5.74, 6) is 1.37. The van der Waals surface area contributed by atoms with Gasteiger partial charge in [-0.15, -0.1) is 0 Å². The van der Waals surface area contributed by atoms with E-state index in [1.165, 1.54) is 6.42 Å². The number of hydrogen-bond acceptors (Lipinski definition) is 2. The van der Waals surface area contributed by atoms with Crippen molar-refractivity contribution in [3.05, 3.63) is 24.0 Å². The molecular weight excluding hydrogens is 302 g/mol. The molecule has 1 N–H and O–H groups in total. The fourth-order valence-electron chi connectivity index (χ4n) is 5.25. The highest BCUT2D eigenvalue weighted by Crippen LogP contribution is 2.43. The van der Waals surface area contributed by atoms with E-state index in [0.29, 0.717) is 36.2 Å². The molecule has 0 spiro atoms. The molecule has 4 atom stereocenters. The number of aromatic amines is 1. The summed E-state index contributed by atoms with van der Waals surface area (Å²) in [5, 5.41) is 0. The van der Waals surface area contributed by atoms with E-state index in [2.05, 4.69) is 16.8 Å². The molecule has 4 heterocycles. The molecule has 2 amide bonds. The smallest absolute Gasteiger partial charge is 0.255 e. The van der Waals surface area contributed by atoms with Gasteiger partial charge in [0.1, 0.15) is 0 Å². The van der Waals surface area contributed by atoms with Gasteiger partial charge in [-0.2, -0.15) is 0 Å². The molecule has 0 unspecified atom stereocenters. The van der Waals surface area contributed by atoms with Crippen LogP contribution in [0.15, 0.2) is 18.5 Å². The third-order valence-electron chi connectivity index (χ3n) is 6.21. The van der Waals surface area contributed by atoms with Crippen molar-refractivity contribution in [2.24, 2.45) is 11.8 Å². The highest BCUT2D eigenvalue weighted by atomic mass is 16.2. The van der Waals surface area contributed by atoms with Crippen LogP contribution in [0.5, 0.6) is 0 Å². The Kier molecular flexibility index (Phi) is 4.10. The van der Waals surface area contributed by atoms with Crippen LogP contribution in [-0.2, 0) is 4.79 Å². The second-order valence-electron chi connectivity index (χ2n) is 7.68. The van der Waals surface area contributed by atoms with Crippen LogP contribution in [0.2, 0.25) is 0 Å². The molecule has 3 aliphatic rings. The van der Waals surface area contributed by atoms with Gasteiger partial charge in [0.2, 0.25) is 5.91 Å². The molecule has 130 valence electrons. The number of amides is 2. The second kappa shape index (κ2) is 6.26. The Balaban J connectivity index is 1.60. The third kappa shape index (κ3) is 2.54. The Labute approximate surface area is 143 Å². The number of rotatable bonds is 3. The number of nitrogens with one attached hydrogen (secondary N) is 1. The number of H-pyrrole nitrogens is 1. The predicted octanol–water partition coefficient (Wildman–Crippen LogP) is 2.66. The van der Waals surface area contributed by atoms with E-state index in [9.17, 15) is 9.59 Å². The maximum absolute atomic E-state index is 12.8. The van der Waals surface area contributed by atoms with Crippen molar-refractivity contribution in [1.82, 2.24) is 14.8 Å². The Bertz CT molecular complexity index is 612. The Morgan fingerprint density at radius 2 is 2.17 bits per heavy atom. The van der Waals surface area contributed by atoms with Gasteiger partial charge in [0.15, 0.2) is 0 Å². The highest BCUT2D eigenvalue weighted by molar-refractivity contribution is 5.94. The molecule has 2 bridgehead atoms. The number of nitrogens with zero attached hydrogens (tertiary/aromatic N) is 2. The maximum Gasteiger partial charge on any atom is 0.255 e. The van der Waals surface area contributed by atoms with Crippen molar-refractivity contribution in [3.63, 3.8) is 0 Å². The monoisotopic (exact) mass is 329 g/mol. The van der Waals surface area contributed by atoms with Crippen molar-refractivity contribution >= 4 is 11.8 Å². The van der Waals surface area contributed by atoms with Gasteiger partial charge in [0.05, 0.1) is 5.56 Å². The largest absolute Gasteiger partial charge is 0.367 e. The summed E-state index contributed by atoms with van der Waals surface area (Å²) < 4.78 is 0. The lowest BCUT2D eigenvalue weighted by molar-refractivity contribution is -0.152. The minimum Gasteiger partial charge on any atom is -0.367 e. The minimum atomic E-state index is 0.136. The summed E-state index contributed by atoms with van der Waals surface area (Å²) in [5.41, 5.74) is 0.749. The molecule has 0 aromatic carbocycles. The third-order valence-corrected chi connectivity index (χ3v) is 6.21. The molecule has 3 fully saturated rings. The van der Waals surface area contributed by atoms with Crippen LogP contribution in [0.4, 0.5) is 0 Å². The summed E-state index contributed by atoms with van der Waals surface area (Å²) in [7, 11) is 0. The summed E-state index contributed by atoms with van der Waals surface area (Å²) in [6.07, 6.45) is 9.74. The number of hydrogen-bond donors (Lipinski definition) is 1. The van der Waals surface area contributed by atoms with E-state index in [-0.39, 0.29) is 5.91 Å². The van der Waals surface area contributed by atoms with Crippen LogP contribution in [0.1, 0.15) is 55.8 Å². The molecule has 3 aliphatic heterocycles. The first kappa shape index (κ1) is 15.7. The number of fused-ring (bicyclic) bond motifs is 4. The fourth-order valence-corrected chi connectivity index (χ4v) is 5.25. The number of likely N-dealkylation sites (tertiary alicyclic amines) is 1. The molecule has 0 saturated carbocycles. The van der Waals surface area contributed by atoms with Gasteiger partial charge in [-0.3, -0.25) is 9.59 Å². The first-order valence-electron chi connectivity index (χ1n) is 9.42. The fraction of sp³-hybridized carbons (Fsp3) is 0.684. The Morgan fingerprint density at radius 3 is 2.92 bits per heavy atom. The number of aromatic nitrogens is 1. The summed E-state index contributed by atoms with van der Waals surface area (Å²) in [4.78, 5) is 32.7. The van der Waals surface area contributed by atoms with Crippen LogP contribution in [-0.4, -0.2) is 51.8 Å². The van der Waals surface area contributed by atoms with Crippen LogP contribution in [0.3, 0.4) is 0 Å². The van der Waals surface area contributed by atoms with Crippen LogP contribution in [0, 0.1) is 11.8 Å². The van der Waals surface area contributed by atoms with Gasteiger partial charge >= 0.3 is 0 Å². The summed E-state index contributed by atoms with van der Waals surface area (Å²) in [6, 6.07) is 2.53. The van der Waals surface area contributed by atoms with Gasteiger partial charge in [-0.25, -0.2) is 0 Å². The van der Waals surface area contributed by atoms with Crippen molar-refractivity contribution in [3.8, 4) is 0 Å². The zero-order chi connectivity index (χ0) is 16.7. The predicted molar refractivity (Wildman–Crippen MR) is 91.5 cm³/mol. The zero-order valence-corrected chi connectivity index (χ0v) is 14.4. The van der Waals surface area contributed by atoms with E-state index in [1.807, 2.05) is 11.0 Å².